The molecule has 24 heavy (non-hydrogen) atoms. The lowest BCUT2D eigenvalue weighted by atomic mass is 10.1. The number of hydrogen-bond donors (Lipinski definition) is 3. The second-order valence-electron chi connectivity index (χ2n) is 5.39. The van der Waals surface area contributed by atoms with Crippen LogP contribution in [0.1, 0.15) is 11.1 Å². The van der Waals surface area contributed by atoms with E-state index in [-0.39, 0.29) is 12.2 Å². The lowest BCUT2D eigenvalue weighted by molar-refractivity contribution is 0.299. The van der Waals surface area contributed by atoms with Crippen molar-refractivity contribution in [1.29, 1.82) is 0 Å². The molecule has 0 fully saturated rings. The minimum atomic E-state index is -0.631. The van der Waals surface area contributed by atoms with Crippen molar-refractivity contribution in [3.63, 3.8) is 0 Å². The minimum absolute atomic E-state index is 0.106. The molecule has 4 nitrogen and oxygen atoms in total. The lowest BCUT2D eigenvalue weighted by Gasteiger charge is -2.09. The normalized spacial score (nSPS) is 10.8. The maximum atomic E-state index is 13.9. The van der Waals surface area contributed by atoms with Gasteiger partial charge in [0.2, 0.25) is 0 Å². The Bertz CT molecular complexity index is 795. The van der Waals surface area contributed by atoms with Gasteiger partial charge in [-0.3, -0.25) is 5.10 Å². The fourth-order valence-corrected chi connectivity index (χ4v) is 2.51. The van der Waals surface area contributed by atoms with E-state index in [9.17, 15) is 8.78 Å². The molecule has 0 aliphatic carbocycles. The maximum absolute atomic E-state index is 13.9. The second-order valence-corrected chi connectivity index (χ2v) is 5.39. The van der Waals surface area contributed by atoms with Gasteiger partial charge in [0.05, 0.1) is 17.5 Å². The van der Waals surface area contributed by atoms with E-state index in [4.69, 9.17) is 5.11 Å². The van der Waals surface area contributed by atoms with Crippen LogP contribution in [0, 0.1) is 11.6 Å². The zero-order valence-corrected chi connectivity index (χ0v) is 12.9. The molecular weight excluding hydrogens is 312 g/mol. The van der Waals surface area contributed by atoms with Crippen molar-refractivity contribution >= 4 is 5.69 Å². The molecular formula is C18H17F2N3O. The van der Waals surface area contributed by atoms with E-state index in [1.54, 1.807) is 6.20 Å². The van der Waals surface area contributed by atoms with Crippen LogP contribution in [-0.4, -0.2) is 21.9 Å². The van der Waals surface area contributed by atoms with Crippen LogP contribution in [0.4, 0.5) is 14.5 Å². The van der Waals surface area contributed by atoms with E-state index in [1.165, 1.54) is 18.2 Å². The zero-order valence-electron chi connectivity index (χ0n) is 12.9. The third-order valence-corrected chi connectivity index (χ3v) is 3.77. The first-order valence-electron chi connectivity index (χ1n) is 7.59. The van der Waals surface area contributed by atoms with Crippen LogP contribution < -0.4 is 5.32 Å². The number of hydrogen-bond acceptors (Lipinski definition) is 3. The number of aliphatic hydroxyl groups excluding tert-OH is 1. The Morgan fingerprint density at radius 3 is 2.42 bits per heavy atom. The molecule has 0 saturated heterocycles. The molecule has 1 heterocycles. The number of H-pyrrole nitrogens is 1. The molecule has 0 radical (unpaired) electrons. The summed E-state index contributed by atoms with van der Waals surface area (Å²) in [5.74, 6) is -1.26. The molecule has 0 amide bonds. The molecule has 3 N–H and O–H groups in total. The smallest absolute Gasteiger partial charge is 0.135 e. The molecule has 0 spiro atoms. The average Bonchev–Trinajstić information content (AvgIpc) is 3.03. The molecule has 0 aliphatic rings. The fraction of sp³-hybridized carbons (Fsp3) is 0.167. The summed E-state index contributed by atoms with van der Waals surface area (Å²) >= 11 is 0. The molecule has 124 valence electrons. The van der Waals surface area contributed by atoms with Crippen molar-refractivity contribution in [3.8, 4) is 11.3 Å². The van der Waals surface area contributed by atoms with Gasteiger partial charge < -0.3 is 10.4 Å². The van der Waals surface area contributed by atoms with Crippen LogP contribution in [-0.2, 0) is 13.0 Å². The number of benzene rings is 2. The zero-order chi connectivity index (χ0) is 16.9. The van der Waals surface area contributed by atoms with Gasteiger partial charge in [0.25, 0.3) is 0 Å². The van der Waals surface area contributed by atoms with Crippen molar-refractivity contribution in [2.24, 2.45) is 0 Å². The molecule has 3 aromatic rings. The highest BCUT2D eigenvalue weighted by Crippen LogP contribution is 2.27. The van der Waals surface area contributed by atoms with Crippen LogP contribution in [0.2, 0.25) is 0 Å². The lowest BCUT2D eigenvalue weighted by Crippen LogP contribution is -2.01. The highest BCUT2D eigenvalue weighted by atomic mass is 19.1. The van der Waals surface area contributed by atoms with Gasteiger partial charge in [-0.1, -0.05) is 18.2 Å². The third kappa shape index (κ3) is 3.44. The van der Waals surface area contributed by atoms with E-state index in [0.29, 0.717) is 24.2 Å². The number of rotatable bonds is 6. The molecule has 0 saturated carbocycles. The number of nitrogens with one attached hydrogen (secondary N) is 2. The number of halogens is 2. The predicted molar refractivity (Wildman–Crippen MR) is 88.5 cm³/mol. The summed E-state index contributed by atoms with van der Waals surface area (Å²) in [5.41, 5.74) is 2.80. The summed E-state index contributed by atoms with van der Waals surface area (Å²) < 4.78 is 27.9. The van der Waals surface area contributed by atoms with E-state index in [0.717, 1.165) is 11.3 Å². The van der Waals surface area contributed by atoms with Crippen molar-refractivity contribution in [2.45, 2.75) is 13.0 Å². The number of aromatic nitrogens is 2. The van der Waals surface area contributed by atoms with Crippen LogP contribution in [0.3, 0.4) is 0 Å². The fourth-order valence-electron chi connectivity index (χ4n) is 2.51. The second kappa shape index (κ2) is 7.23. The topological polar surface area (TPSA) is 60.9 Å². The Hall–Kier alpha value is -2.73. The summed E-state index contributed by atoms with van der Waals surface area (Å²) in [7, 11) is 0. The van der Waals surface area contributed by atoms with Gasteiger partial charge in [0.1, 0.15) is 11.6 Å². The third-order valence-electron chi connectivity index (χ3n) is 3.77. The Labute approximate surface area is 138 Å². The van der Waals surface area contributed by atoms with Crippen LogP contribution in [0.5, 0.6) is 0 Å². The van der Waals surface area contributed by atoms with Crippen molar-refractivity contribution in [3.05, 3.63) is 71.4 Å². The summed E-state index contributed by atoms with van der Waals surface area (Å²) in [4.78, 5) is 0. The Balaban J connectivity index is 1.77. The standard InChI is InChI=1S/C18H17F2N3O/c19-15-2-1-3-16(20)17(15)18-13(11-22-23-18)10-21-14-6-4-12(5-7-14)8-9-24/h1-7,11,21,24H,8-10H2,(H,22,23). The molecule has 0 bridgehead atoms. The Morgan fingerprint density at radius 1 is 1.04 bits per heavy atom. The Morgan fingerprint density at radius 2 is 1.75 bits per heavy atom. The summed E-state index contributed by atoms with van der Waals surface area (Å²) in [6.07, 6.45) is 2.16. The number of anilines is 1. The summed E-state index contributed by atoms with van der Waals surface area (Å²) in [5, 5.41) is 18.7. The van der Waals surface area contributed by atoms with E-state index in [1.807, 2.05) is 24.3 Å². The number of nitrogens with zero attached hydrogens (tertiary/aromatic N) is 1. The first-order chi connectivity index (χ1) is 11.7. The van der Waals surface area contributed by atoms with E-state index in [2.05, 4.69) is 15.5 Å². The van der Waals surface area contributed by atoms with Gasteiger partial charge in [-0.2, -0.15) is 5.10 Å². The highest BCUT2D eigenvalue weighted by molar-refractivity contribution is 5.64. The van der Waals surface area contributed by atoms with E-state index < -0.39 is 11.6 Å². The summed E-state index contributed by atoms with van der Waals surface area (Å²) in [6, 6.07) is 11.4. The van der Waals surface area contributed by atoms with Gasteiger partial charge in [-0.25, -0.2) is 8.78 Å². The van der Waals surface area contributed by atoms with Crippen LogP contribution in [0.15, 0.2) is 48.7 Å². The monoisotopic (exact) mass is 329 g/mol. The number of aromatic amines is 1. The number of aliphatic hydroxyl groups is 1. The SMILES string of the molecule is OCCc1ccc(NCc2cn[nH]c2-c2c(F)cccc2F)cc1. The molecule has 2 aromatic carbocycles. The average molecular weight is 329 g/mol. The molecule has 0 aliphatic heterocycles. The van der Waals surface area contributed by atoms with Crippen molar-refractivity contribution < 1.29 is 13.9 Å². The van der Waals surface area contributed by atoms with Crippen molar-refractivity contribution in [2.75, 3.05) is 11.9 Å². The van der Waals surface area contributed by atoms with Gasteiger partial charge in [-0.05, 0) is 36.2 Å². The Kier molecular flexibility index (Phi) is 4.86. The van der Waals surface area contributed by atoms with Gasteiger partial charge in [0, 0.05) is 24.4 Å². The van der Waals surface area contributed by atoms with Gasteiger partial charge >= 0.3 is 0 Å². The molecule has 1 aromatic heterocycles. The first-order valence-corrected chi connectivity index (χ1v) is 7.59. The van der Waals surface area contributed by atoms with Crippen LogP contribution >= 0.6 is 0 Å². The van der Waals surface area contributed by atoms with E-state index >= 15 is 0 Å². The molecule has 0 atom stereocenters. The molecule has 6 heteroatoms. The molecule has 3 rings (SSSR count). The van der Waals surface area contributed by atoms with Gasteiger partial charge in [-0.15, -0.1) is 0 Å². The highest BCUT2D eigenvalue weighted by Gasteiger charge is 2.16. The summed E-state index contributed by atoms with van der Waals surface area (Å²) in [6.45, 7) is 0.484. The first kappa shape index (κ1) is 16.1. The predicted octanol–water partition coefficient (Wildman–Crippen LogP) is 3.50. The minimum Gasteiger partial charge on any atom is -0.396 e. The maximum Gasteiger partial charge on any atom is 0.135 e. The largest absolute Gasteiger partial charge is 0.396 e. The quantitative estimate of drug-likeness (QED) is 0.649. The van der Waals surface area contributed by atoms with Crippen molar-refractivity contribution in [1.82, 2.24) is 10.2 Å². The van der Waals surface area contributed by atoms with Crippen LogP contribution in [0.25, 0.3) is 11.3 Å². The molecule has 0 unspecified atom stereocenters. The van der Waals surface area contributed by atoms with Gasteiger partial charge in [0.15, 0.2) is 0 Å².